The highest BCUT2D eigenvalue weighted by Crippen LogP contribution is 2.29. The third-order valence-electron chi connectivity index (χ3n) is 6.08. The first-order valence-corrected chi connectivity index (χ1v) is 12.4. The first kappa shape index (κ1) is 24.4. The topological polar surface area (TPSA) is 91.3 Å². The molecule has 0 N–H and O–H groups in total. The van der Waals surface area contributed by atoms with Gasteiger partial charge in [-0.2, -0.15) is 0 Å². The molecule has 1 aromatic heterocycles. The lowest BCUT2D eigenvalue weighted by atomic mass is 10.1. The molecule has 35 heavy (non-hydrogen) atoms. The van der Waals surface area contributed by atoms with Crippen LogP contribution in [0.15, 0.2) is 65.1 Å². The Morgan fingerprint density at radius 2 is 1.37 bits per heavy atom. The standard InChI is InChI=1S/C28H31N3O4/c1-2-3-4-5-6-7-8-9-18-34-26-17-14-22-19-24(11-10-23(22)20-26)28-30-29-27(35-28)21-12-15-25(16-13-21)31(32)33/h10-17,19-20H,2-9,18H2,1H3. The predicted octanol–water partition coefficient (Wildman–Crippen LogP) is 7.98. The molecule has 0 atom stereocenters. The zero-order valence-electron chi connectivity index (χ0n) is 20.1. The number of hydrogen-bond donors (Lipinski definition) is 0. The van der Waals surface area contributed by atoms with Gasteiger partial charge in [0.1, 0.15) is 5.75 Å². The summed E-state index contributed by atoms with van der Waals surface area (Å²) in [6, 6.07) is 18.1. The monoisotopic (exact) mass is 473 g/mol. The van der Waals surface area contributed by atoms with Crippen LogP contribution in [0, 0.1) is 10.1 Å². The van der Waals surface area contributed by atoms with Crippen molar-refractivity contribution in [3.05, 3.63) is 70.8 Å². The minimum absolute atomic E-state index is 0.0178. The maximum absolute atomic E-state index is 10.8. The largest absolute Gasteiger partial charge is 0.494 e. The summed E-state index contributed by atoms with van der Waals surface area (Å²) in [5, 5.41) is 21.2. The zero-order valence-corrected chi connectivity index (χ0v) is 20.1. The molecule has 0 saturated heterocycles. The van der Waals surface area contributed by atoms with E-state index in [1.807, 2.05) is 30.3 Å². The fourth-order valence-corrected chi connectivity index (χ4v) is 4.05. The number of ether oxygens (including phenoxy) is 1. The first-order chi connectivity index (χ1) is 17.1. The van der Waals surface area contributed by atoms with Crippen molar-refractivity contribution in [3.63, 3.8) is 0 Å². The van der Waals surface area contributed by atoms with E-state index in [4.69, 9.17) is 9.15 Å². The zero-order chi connectivity index (χ0) is 24.5. The number of nitrogens with zero attached hydrogens (tertiary/aromatic N) is 3. The summed E-state index contributed by atoms with van der Waals surface area (Å²) in [4.78, 5) is 10.4. The van der Waals surface area contributed by atoms with Crippen molar-refractivity contribution in [2.45, 2.75) is 58.3 Å². The Balaban J connectivity index is 1.32. The van der Waals surface area contributed by atoms with Crippen molar-refractivity contribution in [1.82, 2.24) is 10.2 Å². The summed E-state index contributed by atoms with van der Waals surface area (Å²) in [6.45, 7) is 2.99. The van der Waals surface area contributed by atoms with Gasteiger partial charge in [0.05, 0.1) is 11.5 Å². The molecule has 0 spiro atoms. The van der Waals surface area contributed by atoms with E-state index in [0.29, 0.717) is 17.3 Å². The number of benzene rings is 3. The minimum Gasteiger partial charge on any atom is -0.494 e. The van der Waals surface area contributed by atoms with E-state index in [1.165, 1.54) is 57.1 Å². The average Bonchev–Trinajstić information content (AvgIpc) is 3.38. The molecule has 0 aliphatic carbocycles. The molecule has 7 heteroatoms. The highest BCUT2D eigenvalue weighted by atomic mass is 16.6. The lowest BCUT2D eigenvalue weighted by Gasteiger charge is -2.08. The predicted molar refractivity (Wildman–Crippen MR) is 137 cm³/mol. The molecule has 0 unspecified atom stereocenters. The number of nitro benzene ring substituents is 1. The van der Waals surface area contributed by atoms with E-state index in [-0.39, 0.29) is 5.69 Å². The van der Waals surface area contributed by atoms with E-state index < -0.39 is 4.92 Å². The maximum atomic E-state index is 10.8. The number of nitro groups is 1. The average molecular weight is 474 g/mol. The second-order valence-corrected chi connectivity index (χ2v) is 8.76. The third kappa shape index (κ3) is 6.66. The van der Waals surface area contributed by atoms with Crippen molar-refractivity contribution in [2.24, 2.45) is 0 Å². The number of rotatable bonds is 13. The van der Waals surface area contributed by atoms with Crippen molar-refractivity contribution in [2.75, 3.05) is 6.61 Å². The van der Waals surface area contributed by atoms with Gasteiger partial charge in [-0.25, -0.2) is 0 Å². The number of hydrogen-bond acceptors (Lipinski definition) is 6. The molecule has 0 saturated carbocycles. The van der Waals surface area contributed by atoms with E-state index in [0.717, 1.165) is 35.1 Å². The summed E-state index contributed by atoms with van der Waals surface area (Å²) in [5.74, 6) is 1.60. The van der Waals surface area contributed by atoms with Gasteiger partial charge in [-0.1, -0.05) is 64.0 Å². The molecule has 3 aromatic carbocycles. The Kier molecular flexibility index (Phi) is 8.44. The molecule has 7 nitrogen and oxygen atoms in total. The number of fused-ring (bicyclic) bond motifs is 1. The van der Waals surface area contributed by atoms with Crippen LogP contribution in [0.5, 0.6) is 5.75 Å². The normalized spacial score (nSPS) is 11.1. The maximum Gasteiger partial charge on any atom is 0.269 e. The van der Waals surface area contributed by atoms with Gasteiger partial charge < -0.3 is 9.15 Å². The summed E-state index contributed by atoms with van der Waals surface area (Å²) in [5.41, 5.74) is 1.46. The van der Waals surface area contributed by atoms with Gasteiger partial charge in [0.25, 0.3) is 5.69 Å². The molecule has 4 rings (SSSR count). The minimum atomic E-state index is -0.439. The third-order valence-corrected chi connectivity index (χ3v) is 6.08. The Bertz CT molecular complexity index is 1250. The van der Waals surface area contributed by atoms with Crippen LogP contribution in [0.4, 0.5) is 5.69 Å². The molecular weight excluding hydrogens is 442 g/mol. The molecular formula is C28H31N3O4. The van der Waals surface area contributed by atoms with Gasteiger partial charge in [0, 0.05) is 23.3 Å². The second-order valence-electron chi connectivity index (χ2n) is 8.76. The van der Waals surface area contributed by atoms with Crippen LogP contribution >= 0.6 is 0 Å². The molecule has 0 amide bonds. The summed E-state index contributed by atoms with van der Waals surface area (Å²) < 4.78 is 11.8. The van der Waals surface area contributed by atoms with Crippen molar-refractivity contribution in [1.29, 1.82) is 0 Å². The fourth-order valence-electron chi connectivity index (χ4n) is 4.05. The summed E-state index contributed by atoms with van der Waals surface area (Å²) in [7, 11) is 0. The molecule has 0 fully saturated rings. The smallest absolute Gasteiger partial charge is 0.269 e. The lowest BCUT2D eigenvalue weighted by Crippen LogP contribution is -1.97. The molecule has 4 aromatic rings. The number of non-ortho nitro benzene ring substituents is 1. The van der Waals surface area contributed by atoms with Crippen molar-refractivity contribution < 1.29 is 14.1 Å². The van der Waals surface area contributed by atoms with E-state index in [9.17, 15) is 10.1 Å². The van der Waals surface area contributed by atoms with Crippen molar-refractivity contribution >= 4 is 16.5 Å². The van der Waals surface area contributed by atoms with Gasteiger partial charge >= 0.3 is 0 Å². The Labute approximate surface area is 205 Å². The number of aromatic nitrogens is 2. The number of unbranched alkanes of at least 4 members (excludes halogenated alkanes) is 7. The van der Waals surface area contributed by atoms with Crippen LogP contribution < -0.4 is 4.74 Å². The van der Waals surface area contributed by atoms with Crippen LogP contribution in [0.25, 0.3) is 33.7 Å². The van der Waals surface area contributed by atoms with Gasteiger partial charge in [-0.15, -0.1) is 10.2 Å². The van der Waals surface area contributed by atoms with Gasteiger partial charge in [0.15, 0.2) is 0 Å². The van der Waals surface area contributed by atoms with Crippen molar-refractivity contribution in [3.8, 4) is 28.7 Å². The van der Waals surface area contributed by atoms with E-state index in [2.05, 4.69) is 23.2 Å². The second kappa shape index (κ2) is 12.1. The Hall–Kier alpha value is -3.74. The van der Waals surface area contributed by atoms with E-state index in [1.54, 1.807) is 12.1 Å². The molecule has 0 aliphatic rings. The van der Waals surface area contributed by atoms with Crippen LogP contribution in [-0.2, 0) is 0 Å². The summed E-state index contributed by atoms with van der Waals surface area (Å²) in [6.07, 6.45) is 10.3. The Morgan fingerprint density at radius 3 is 2.09 bits per heavy atom. The van der Waals surface area contributed by atoms with Gasteiger partial charge in [-0.05, 0) is 53.6 Å². The molecule has 0 aliphatic heterocycles. The Morgan fingerprint density at radius 1 is 0.771 bits per heavy atom. The molecule has 0 bridgehead atoms. The fraction of sp³-hybridized carbons (Fsp3) is 0.357. The van der Waals surface area contributed by atoms with Crippen LogP contribution in [0.3, 0.4) is 0 Å². The van der Waals surface area contributed by atoms with Crippen LogP contribution in [-0.4, -0.2) is 21.7 Å². The van der Waals surface area contributed by atoms with E-state index >= 15 is 0 Å². The van der Waals surface area contributed by atoms with Crippen LogP contribution in [0.2, 0.25) is 0 Å². The quantitative estimate of drug-likeness (QED) is 0.111. The van der Waals surface area contributed by atoms with Gasteiger partial charge in [-0.3, -0.25) is 10.1 Å². The highest BCUT2D eigenvalue weighted by Gasteiger charge is 2.13. The highest BCUT2D eigenvalue weighted by molar-refractivity contribution is 5.87. The molecule has 0 radical (unpaired) electrons. The first-order valence-electron chi connectivity index (χ1n) is 12.4. The van der Waals surface area contributed by atoms with Gasteiger partial charge in [0.2, 0.25) is 11.8 Å². The van der Waals surface area contributed by atoms with Crippen LogP contribution in [0.1, 0.15) is 58.3 Å². The molecule has 182 valence electrons. The lowest BCUT2D eigenvalue weighted by molar-refractivity contribution is -0.384. The molecule has 1 heterocycles. The SMILES string of the molecule is CCCCCCCCCCOc1ccc2cc(-c3nnc(-c4ccc([N+](=O)[O-])cc4)o3)ccc2c1. The summed E-state index contributed by atoms with van der Waals surface area (Å²) >= 11 is 0.